The molecule has 0 aromatic heterocycles. The Bertz CT molecular complexity index is 345. The van der Waals surface area contributed by atoms with Crippen molar-refractivity contribution in [1.82, 2.24) is 5.32 Å². The first kappa shape index (κ1) is 11.0. The third-order valence-corrected chi connectivity index (χ3v) is 3.30. The van der Waals surface area contributed by atoms with Crippen LogP contribution in [0.2, 0.25) is 0 Å². The van der Waals surface area contributed by atoms with Crippen LogP contribution >= 0.6 is 15.9 Å². The normalized spacial score (nSPS) is 15.4. The predicted octanol–water partition coefficient (Wildman–Crippen LogP) is 2.77. The van der Waals surface area contributed by atoms with Crippen molar-refractivity contribution in [3.63, 3.8) is 0 Å². The maximum atomic E-state index is 3.60. The highest BCUT2D eigenvalue weighted by Crippen LogP contribution is 2.26. The van der Waals surface area contributed by atoms with Gasteiger partial charge in [-0.2, -0.15) is 0 Å². The van der Waals surface area contributed by atoms with E-state index in [9.17, 15) is 0 Å². The van der Waals surface area contributed by atoms with Gasteiger partial charge in [-0.1, -0.05) is 6.07 Å². The molecule has 0 bridgehead atoms. The third kappa shape index (κ3) is 2.95. The van der Waals surface area contributed by atoms with Gasteiger partial charge in [-0.3, -0.25) is 0 Å². The highest BCUT2D eigenvalue weighted by Gasteiger charge is 2.19. The molecule has 1 aliphatic rings. The van der Waals surface area contributed by atoms with Gasteiger partial charge in [0.25, 0.3) is 0 Å². The number of benzene rings is 1. The zero-order chi connectivity index (χ0) is 10.8. The molecule has 1 fully saturated rings. The molecule has 0 saturated heterocycles. The first-order valence-corrected chi connectivity index (χ1v) is 6.15. The van der Waals surface area contributed by atoms with E-state index in [1.165, 1.54) is 28.6 Å². The maximum Gasteiger partial charge on any atom is 0.0505 e. The summed E-state index contributed by atoms with van der Waals surface area (Å²) in [4.78, 5) is 2.11. The van der Waals surface area contributed by atoms with Crippen molar-refractivity contribution in [1.29, 1.82) is 0 Å². The van der Waals surface area contributed by atoms with Gasteiger partial charge in [0.15, 0.2) is 0 Å². The van der Waals surface area contributed by atoms with Crippen molar-refractivity contribution in [3.05, 3.63) is 28.2 Å². The summed E-state index contributed by atoms with van der Waals surface area (Å²) in [6, 6.07) is 7.33. The van der Waals surface area contributed by atoms with E-state index >= 15 is 0 Å². The minimum absolute atomic E-state index is 0.775. The van der Waals surface area contributed by atoms with Gasteiger partial charge in [-0.25, -0.2) is 0 Å². The Morgan fingerprint density at radius 2 is 2.13 bits per heavy atom. The van der Waals surface area contributed by atoms with Crippen LogP contribution in [0.4, 0.5) is 5.69 Å². The Morgan fingerprint density at radius 1 is 1.40 bits per heavy atom. The molecule has 1 aromatic rings. The van der Waals surface area contributed by atoms with Gasteiger partial charge in [0.05, 0.1) is 5.69 Å². The molecule has 0 spiro atoms. The average Bonchev–Trinajstić information content (AvgIpc) is 2.97. The van der Waals surface area contributed by atoms with Crippen LogP contribution in [0.25, 0.3) is 0 Å². The monoisotopic (exact) mass is 268 g/mol. The molecule has 0 unspecified atom stereocenters. The van der Waals surface area contributed by atoms with E-state index in [1.807, 2.05) is 0 Å². The molecule has 0 atom stereocenters. The van der Waals surface area contributed by atoms with Crippen LogP contribution in [0, 0.1) is 0 Å². The predicted molar refractivity (Wildman–Crippen MR) is 68.3 cm³/mol. The van der Waals surface area contributed by atoms with E-state index in [0.717, 1.165) is 12.6 Å². The molecule has 2 nitrogen and oxygen atoms in total. The molecule has 0 aliphatic heterocycles. The topological polar surface area (TPSA) is 15.3 Å². The van der Waals surface area contributed by atoms with E-state index in [0.29, 0.717) is 0 Å². The van der Waals surface area contributed by atoms with Crippen LogP contribution in [0.15, 0.2) is 22.7 Å². The van der Waals surface area contributed by atoms with E-state index in [1.54, 1.807) is 0 Å². The van der Waals surface area contributed by atoms with E-state index < -0.39 is 0 Å². The summed E-state index contributed by atoms with van der Waals surface area (Å²) in [7, 11) is 4.12. The van der Waals surface area contributed by atoms with Crippen molar-refractivity contribution in [2.45, 2.75) is 25.4 Å². The fourth-order valence-electron chi connectivity index (χ4n) is 1.57. The Morgan fingerprint density at radius 3 is 2.67 bits per heavy atom. The number of nitrogens with zero attached hydrogens (tertiary/aromatic N) is 1. The summed E-state index contributed by atoms with van der Waals surface area (Å²) in [5.74, 6) is 0. The average molecular weight is 269 g/mol. The molecule has 1 saturated carbocycles. The first-order valence-electron chi connectivity index (χ1n) is 5.36. The molecular weight excluding hydrogens is 252 g/mol. The number of hydrogen-bond acceptors (Lipinski definition) is 2. The van der Waals surface area contributed by atoms with Crippen LogP contribution in [0.5, 0.6) is 0 Å². The van der Waals surface area contributed by atoms with E-state index in [-0.39, 0.29) is 0 Å². The lowest BCUT2D eigenvalue weighted by Gasteiger charge is -2.15. The number of nitrogens with one attached hydrogen (secondary N) is 1. The summed E-state index contributed by atoms with van der Waals surface area (Å²) < 4.78 is 1.17. The fraction of sp³-hybridized carbons (Fsp3) is 0.500. The first-order chi connectivity index (χ1) is 7.16. The highest BCUT2D eigenvalue weighted by atomic mass is 79.9. The molecule has 3 heteroatoms. The molecule has 0 amide bonds. The SMILES string of the molecule is CN(C)c1ccc(CNC2CC2)cc1Br. The zero-order valence-electron chi connectivity index (χ0n) is 9.26. The Hall–Kier alpha value is -0.540. The molecular formula is C12H17BrN2. The summed E-state index contributed by atoms with van der Waals surface area (Å²) in [5, 5.41) is 3.51. The van der Waals surface area contributed by atoms with Crippen LogP contribution in [0.3, 0.4) is 0 Å². The Balaban J connectivity index is 2.03. The van der Waals surface area contributed by atoms with Gasteiger partial charge in [0.2, 0.25) is 0 Å². The van der Waals surface area contributed by atoms with Crippen molar-refractivity contribution >= 4 is 21.6 Å². The lowest BCUT2D eigenvalue weighted by atomic mass is 10.2. The summed E-state index contributed by atoms with van der Waals surface area (Å²) >= 11 is 3.60. The smallest absolute Gasteiger partial charge is 0.0505 e. The highest BCUT2D eigenvalue weighted by molar-refractivity contribution is 9.10. The summed E-state index contributed by atoms with van der Waals surface area (Å²) in [6.45, 7) is 0.983. The van der Waals surface area contributed by atoms with Crippen molar-refractivity contribution in [2.75, 3.05) is 19.0 Å². The lowest BCUT2D eigenvalue weighted by Crippen LogP contribution is -2.15. The number of halogens is 1. The molecule has 0 heterocycles. The Labute approximate surface area is 99.8 Å². The van der Waals surface area contributed by atoms with Gasteiger partial charge in [-0.15, -0.1) is 0 Å². The van der Waals surface area contributed by atoms with Gasteiger partial charge in [0.1, 0.15) is 0 Å². The van der Waals surface area contributed by atoms with Crippen molar-refractivity contribution in [2.24, 2.45) is 0 Å². The van der Waals surface area contributed by atoms with Crippen molar-refractivity contribution in [3.8, 4) is 0 Å². The second kappa shape index (κ2) is 4.54. The summed E-state index contributed by atoms with van der Waals surface area (Å²) in [5.41, 5.74) is 2.57. The molecule has 1 aliphatic carbocycles. The van der Waals surface area contributed by atoms with Crippen LogP contribution in [0.1, 0.15) is 18.4 Å². The van der Waals surface area contributed by atoms with Gasteiger partial charge in [0, 0.05) is 31.2 Å². The second-order valence-corrected chi connectivity index (χ2v) is 5.19. The fourth-order valence-corrected chi connectivity index (χ4v) is 2.35. The van der Waals surface area contributed by atoms with Gasteiger partial charge < -0.3 is 10.2 Å². The van der Waals surface area contributed by atoms with Crippen LogP contribution < -0.4 is 10.2 Å². The molecule has 0 radical (unpaired) electrons. The Kier molecular flexibility index (Phi) is 3.32. The number of anilines is 1. The number of hydrogen-bond donors (Lipinski definition) is 1. The number of rotatable bonds is 4. The van der Waals surface area contributed by atoms with Crippen LogP contribution in [-0.4, -0.2) is 20.1 Å². The minimum atomic E-state index is 0.775. The quantitative estimate of drug-likeness (QED) is 0.904. The maximum absolute atomic E-state index is 3.60. The van der Waals surface area contributed by atoms with E-state index in [4.69, 9.17) is 0 Å². The standard InChI is InChI=1S/C12H17BrN2/c1-15(2)12-6-3-9(7-11(12)13)8-14-10-4-5-10/h3,6-7,10,14H,4-5,8H2,1-2H3. The second-order valence-electron chi connectivity index (χ2n) is 4.34. The molecule has 2 rings (SSSR count). The van der Waals surface area contributed by atoms with Gasteiger partial charge in [-0.05, 0) is 46.5 Å². The lowest BCUT2D eigenvalue weighted by molar-refractivity contribution is 0.687. The minimum Gasteiger partial charge on any atom is -0.377 e. The van der Waals surface area contributed by atoms with E-state index in [2.05, 4.69) is 58.4 Å². The van der Waals surface area contributed by atoms with Gasteiger partial charge >= 0.3 is 0 Å². The van der Waals surface area contributed by atoms with Crippen molar-refractivity contribution < 1.29 is 0 Å². The molecule has 1 aromatic carbocycles. The zero-order valence-corrected chi connectivity index (χ0v) is 10.8. The van der Waals surface area contributed by atoms with Crippen LogP contribution in [-0.2, 0) is 6.54 Å². The summed E-state index contributed by atoms with van der Waals surface area (Å²) in [6.07, 6.45) is 2.69. The molecule has 1 N–H and O–H groups in total. The molecule has 82 valence electrons. The third-order valence-electron chi connectivity index (χ3n) is 2.67. The largest absolute Gasteiger partial charge is 0.377 e. The molecule has 15 heavy (non-hydrogen) atoms.